The Balaban J connectivity index is 1.57. The molecule has 5 rings (SSSR count). The molecule has 2 unspecified atom stereocenters. The Labute approximate surface area is 235 Å². The third kappa shape index (κ3) is 4.23. The number of nitrogens with zero attached hydrogens (tertiary/aromatic N) is 2. The Bertz CT molecular complexity index is 1410. The van der Waals surface area contributed by atoms with Crippen LogP contribution in [0.25, 0.3) is 11.0 Å². The first-order chi connectivity index (χ1) is 17.8. The lowest BCUT2D eigenvalue weighted by Crippen LogP contribution is -2.44. The highest BCUT2D eigenvalue weighted by Gasteiger charge is 2.42. The molecule has 0 aliphatic carbocycles. The Morgan fingerprint density at radius 1 is 1.08 bits per heavy atom. The van der Waals surface area contributed by atoms with Gasteiger partial charge in [0.25, 0.3) is 0 Å². The van der Waals surface area contributed by atoms with Crippen molar-refractivity contribution in [2.24, 2.45) is 5.92 Å². The van der Waals surface area contributed by atoms with Crippen LogP contribution in [0.2, 0.25) is 0 Å². The third-order valence-electron chi connectivity index (χ3n) is 9.31. The first-order valence-electron chi connectivity index (χ1n) is 13.5. The molecule has 4 nitrogen and oxygen atoms in total. The Morgan fingerprint density at radius 3 is 2.18 bits per heavy atom. The van der Waals surface area contributed by atoms with Gasteiger partial charge in [-0.1, -0.05) is 52.3 Å². The van der Waals surface area contributed by atoms with Gasteiger partial charge in [-0.15, -0.1) is 23.1 Å². The number of allylic oxidation sites excluding steroid dienone is 1. The zero-order chi connectivity index (χ0) is 27.7. The van der Waals surface area contributed by atoms with E-state index in [4.69, 9.17) is 0 Å². The molecular formula is C32H38N2O2S2. The Kier molecular flexibility index (Phi) is 6.64. The number of thioether (sulfide) groups is 1. The van der Waals surface area contributed by atoms with E-state index in [0.29, 0.717) is 11.2 Å². The van der Waals surface area contributed by atoms with Gasteiger partial charge in [0.05, 0.1) is 0 Å². The lowest BCUT2D eigenvalue weighted by molar-refractivity contribution is -0.132. The molecular weight excluding hydrogens is 508 g/mol. The number of hydrogen-bond donors (Lipinski definition) is 1. The molecule has 0 spiro atoms. The van der Waals surface area contributed by atoms with Crippen molar-refractivity contribution in [3.05, 3.63) is 60.9 Å². The van der Waals surface area contributed by atoms with Crippen molar-refractivity contribution in [1.29, 1.82) is 5.26 Å². The second-order valence-corrected chi connectivity index (χ2v) is 14.8. The maximum Gasteiger partial charge on any atom is 0.346 e. The average molecular weight is 547 g/mol. The van der Waals surface area contributed by atoms with E-state index in [1.54, 1.807) is 11.3 Å². The standard InChI is InChI=1S/C32H38N2O2S2/c1-17-18(2)28(37-25(17)15-22(16-33)30(35)36)29-20(4)19(3)27(38-29)21-13-23-26-24(14-21)32(7,8)10-12-34(26)11-9-31(23,5)6/h13-15,19,27H,9-12H2,1-8H3,(H,35,36)/b22-15+. The van der Waals surface area contributed by atoms with E-state index in [1.807, 2.05) is 24.8 Å². The average Bonchev–Trinajstić information content (AvgIpc) is 3.30. The fraction of sp³-hybridized carbons (Fsp3) is 0.500. The minimum atomic E-state index is -1.18. The Hall–Kier alpha value is -2.49. The molecule has 1 aromatic carbocycles. The number of thiophene rings is 1. The topological polar surface area (TPSA) is 64.3 Å². The molecule has 0 fully saturated rings. The summed E-state index contributed by atoms with van der Waals surface area (Å²) in [6, 6.07) is 6.86. The second kappa shape index (κ2) is 9.31. The number of anilines is 1. The minimum absolute atomic E-state index is 0.160. The smallest absolute Gasteiger partial charge is 0.346 e. The molecule has 1 aromatic heterocycles. The monoisotopic (exact) mass is 546 g/mol. The van der Waals surface area contributed by atoms with Crippen molar-refractivity contribution in [3.63, 3.8) is 0 Å². The van der Waals surface area contributed by atoms with Crippen molar-refractivity contribution in [1.82, 2.24) is 0 Å². The quantitative estimate of drug-likeness (QED) is 0.308. The molecule has 0 amide bonds. The van der Waals surface area contributed by atoms with Crippen LogP contribution in [0.15, 0.2) is 23.3 Å². The second-order valence-electron chi connectivity index (χ2n) is 12.6. The van der Waals surface area contributed by atoms with Crippen molar-refractivity contribution in [2.45, 2.75) is 84.3 Å². The SMILES string of the molecule is CC1=C(c2sc(/C=C(\C#N)C(=O)O)c(C)c2C)SC(c2cc3c4c(c2)C(C)(C)CCN4CCC3(C)C)C1C. The molecule has 1 N–H and O–H groups in total. The van der Waals surface area contributed by atoms with Gasteiger partial charge in [-0.05, 0) is 84.3 Å². The van der Waals surface area contributed by atoms with Crippen LogP contribution in [-0.2, 0) is 15.6 Å². The molecule has 4 heterocycles. The third-order valence-corrected chi connectivity index (χ3v) is 12.5. The predicted octanol–water partition coefficient (Wildman–Crippen LogP) is 8.38. The van der Waals surface area contributed by atoms with Crippen molar-refractivity contribution in [3.8, 4) is 6.07 Å². The molecule has 3 aliphatic rings. The van der Waals surface area contributed by atoms with Crippen LogP contribution in [0.1, 0.15) is 97.2 Å². The predicted molar refractivity (Wildman–Crippen MR) is 161 cm³/mol. The zero-order valence-corrected chi connectivity index (χ0v) is 25.4. The summed E-state index contributed by atoms with van der Waals surface area (Å²) in [5.74, 6) is -0.788. The first-order valence-corrected chi connectivity index (χ1v) is 15.2. The summed E-state index contributed by atoms with van der Waals surface area (Å²) in [6.07, 6.45) is 3.90. The first kappa shape index (κ1) is 27.1. The highest BCUT2D eigenvalue weighted by Crippen LogP contribution is 2.59. The number of nitriles is 1. The number of carboxylic acids is 1. The molecule has 0 saturated carbocycles. The van der Waals surface area contributed by atoms with Gasteiger partial charge in [0, 0.05) is 38.7 Å². The van der Waals surface area contributed by atoms with Gasteiger partial charge in [0.15, 0.2) is 0 Å². The number of benzene rings is 1. The van der Waals surface area contributed by atoms with E-state index in [0.717, 1.165) is 23.5 Å². The van der Waals surface area contributed by atoms with E-state index in [2.05, 4.69) is 65.5 Å². The highest BCUT2D eigenvalue weighted by molar-refractivity contribution is 8.09. The van der Waals surface area contributed by atoms with Crippen LogP contribution in [-0.4, -0.2) is 24.2 Å². The summed E-state index contributed by atoms with van der Waals surface area (Å²) in [5, 5.41) is 19.0. The van der Waals surface area contributed by atoms with Crippen molar-refractivity contribution < 1.29 is 9.90 Å². The maximum atomic E-state index is 11.5. The summed E-state index contributed by atoms with van der Waals surface area (Å²) in [5.41, 5.74) is 9.67. The maximum absolute atomic E-state index is 11.5. The van der Waals surface area contributed by atoms with E-state index in [9.17, 15) is 15.2 Å². The summed E-state index contributed by atoms with van der Waals surface area (Å²) < 4.78 is 0. The lowest BCUT2D eigenvalue weighted by Gasteiger charge is -2.48. The molecule has 2 aromatic rings. The number of rotatable bonds is 4. The summed E-state index contributed by atoms with van der Waals surface area (Å²) in [4.78, 5) is 17.5. The van der Waals surface area contributed by atoms with Gasteiger partial charge in [-0.2, -0.15) is 5.26 Å². The molecule has 200 valence electrons. The molecule has 0 bridgehead atoms. The van der Waals surface area contributed by atoms with Crippen LogP contribution in [0.3, 0.4) is 0 Å². The van der Waals surface area contributed by atoms with Gasteiger partial charge in [0.2, 0.25) is 0 Å². The molecule has 38 heavy (non-hydrogen) atoms. The summed E-state index contributed by atoms with van der Waals surface area (Å²) >= 11 is 3.57. The van der Waals surface area contributed by atoms with E-state index < -0.39 is 5.97 Å². The van der Waals surface area contributed by atoms with Crippen LogP contribution in [0, 0.1) is 31.1 Å². The van der Waals surface area contributed by atoms with Gasteiger partial charge < -0.3 is 10.0 Å². The molecule has 6 heteroatoms. The van der Waals surface area contributed by atoms with Gasteiger partial charge in [-0.25, -0.2) is 4.79 Å². The molecule has 0 radical (unpaired) electrons. The van der Waals surface area contributed by atoms with E-state index >= 15 is 0 Å². The fourth-order valence-corrected chi connectivity index (χ4v) is 9.32. The van der Waals surface area contributed by atoms with Crippen molar-refractivity contribution >= 4 is 45.7 Å². The van der Waals surface area contributed by atoms with Gasteiger partial charge in [-0.3, -0.25) is 0 Å². The lowest BCUT2D eigenvalue weighted by atomic mass is 9.69. The normalized spacial score (nSPS) is 23.9. The number of carboxylic acid groups (broad SMARTS) is 1. The highest BCUT2D eigenvalue weighted by atomic mass is 32.2. The largest absolute Gasteiger partial charge is 0.477 e. The fourth-order valence-electron chi connectivity index (χ4n) is 6.22. The number of aliphatic carboxylic acids is 1. The van der Waals surface area contributed by atoms with E-state index in [1.165, 1.54) is 62.2 Å². The minimum Gasteiger partial charge on any atom is -0.477 e. The zero-order valence-electron chi connectivity index (χ0n) is 23.8. The van der Waals surface area contributed by atoms with Crippen molar-refractivity contribution in [2.75, 3.05) is 18.0 Å². The molecule has 0 saturated heterocycles. The molecule has 3 aliphatic heterocycles. The van der Waals surface area contributed by atoms with Crippen LogP contribution >= 0.6 is 23.1 Å². The number of carbonyl (C=O) groups is 1. The summed E-state index contributed by atoms with van der Waals surface area (Å²) in [7, 11) is 0. The Morgan fingerprint density at radius 2 is 1.66 bits per heavy atom. The van der Waals surface area contributed by atoms with E-state index in [-0.39, 0.29) is 16.4 Å². The molecule has 2 atom stereocenters. The number of hydrogen-bond acceptors (Lipinski definition) is 5. The van der Waals surface area contributed by atoms with Crippen LogP contribution in [0.5, 0.6) is 0 Å². The van der Waals surface area contributed by atoms with Gasteiger partial charge in [0.1, 0.15) is 11.6 Å². The van der Waals surface area contributed by atoms with Gasteiger partial charge >= 0.3 is 5.97 Å². The van der Waals surface area contributed by atoms with Crippen LogP contribution in [0.4, 0.5) is 5.69 Å². The van der Waals surface area contributed by atoms with Crippen LogP contribution < -0.4 is 4.90 Å². The summed E-state index contributed by atoms with van der Waals surface area (Å²) in [6.45, 7) is 20.7.